The monoisotopic (exact) mass is 306 g/mol. The minimum Gasteiger partial charge on any atom is -0.494 e. The quantitative estimate of drug-likeness (QED) is 0.866. The molecular formula is C11H12BrFO4. The highest BCUT2D eigenvalue weighted by atomic mass is 79.9. The van der Waals surface area contributed by atoms with E-state index in [4.69, 9.17) is 4.74 Å². The number of halogens is 2. The summed E-state index contributed by atoms with van der Waals surface area (Å²) in [7, 11) is 1.30. The summed E-state index contributed by atoms with van der Waals surface area (Å²) >= 11 is 3.07. The number of ether oxygens (including phenoxy) is 2. The van der Waals surface area contributed by atoms with Crippen LogP contribution in [0.2, 0.25) is 0 Å². The van der Waals surface area contributed by atoms with Gasteiger partial charge in [-0.05, 0) is 19.1 Å². The molecule has 0 amide bonds. The van der Waals surface area contributed by atoms with E-state index in [-0.39, 0.29) is 22.4 Å². The lowest BCUT2D eigenvalue weighted by atomic mass is 10.1. The largest absolute Gasteiger partial charge is 0.494 e. The molecule has 0 radical (unpaired) electrons. The number of rotatable bonds is 4. The normalized spacial score (nSPS) is 12.1. The summed E-state index contributed by atoms with van der Waals surface area (Å²) in [5, 5.41) is 9.70. The first kappa shape index (κ1) is 13.9. The lowest BCUT2D eigenvalue weighted by Gasteiger charge is -2.14. The van der Waals surface area contributed by atoms with Crippen molar-refractivity contribution in [2.45, 2.75) is 13.0 Å². The topological polar surface area (TPSA) is 55.8 Å². The average Bonchev–Trinajstić information content (AvgIpc) is 2.29. The molecule has 4 nitrogen and oxygen atoms in total. The predicted octanol–water partition coefficient (Wildman–Crippen LogP) is 2.19. The molecule has 0 saturated carbocycles. The smallest absolute Gasteiger partial charge is 0.339 e. The van der Waals surface area contributed by atoms with E-state index in [2.05, 4.69) is 20.7 Å². The van der Waals surface area contributed by atoms with Crippen LogP contribution in [0.3, 0.4) is 0 Å². The van der Waals surface area contributed by atoms with Crippen molar-refractivity contribution in [2.24, 2.45) is 0 Å². The van der Waals surface area contributed by atoms with Gasteiger partial charge in [0.25, 0.3) is 0 Å². The fourth-order valence-electron chi connectivity index (χ4n) is 1.30. The predicted molar refractivity (Wildman–Crippen MR) is 62.2 cm³/mol. The van der Waals surface area contributed by atoms with E-state index in [1.807, 2.05) is 0 Å². The highest BCUT2D eigenvalue weighted by Gasteiger charge is 2.26. The number of carbonyl (C=O) groups excluding carboxylic acids is 1. The van der Waals surface area contributed by atoms with Crippen molar-refractivity contribution >= 4 is 21.9 Å². The van der Waals surface area contributed by atoms with E-state index in [0.717, 1.165) is 0 Å². The van der Waals surface area contributed by atoms with Crippen LogP contribution in [-0.4, -0.2) is 24.8 Å². The number of benzene rings is 1. The Labute approximate surface area is 106 Å². The molecule has 94 valence electrons. The molecule has 0 aromatic heterocycles. The molecule has 0 bridgehead atoms. The third kappa shape index (κ3) is 2.95. The van der Waals surface area contributed by atoms with Gasteiger partial charge in [0.05, 0.1) is 13.7 Å². The maximum atomic E-state index is 13.9. The molecule has 1 aromatic rings. The van der Waals surface area contributed by atoms with Gasteiger partial charge >= 0.3 is 5.97 Å². The minimum absolute atomic E-state index is 0.0495. The van der Waals surface area contributed by atoms with Crippen molar-refractivity contribution in [3.05, 3.63) is 28.0 Å². The van der Waals surface area contributed by atoms with Crippen molar-refractivity contribution in [3.8, 4) is 5.75 Å². The van der Waals surface area contributed by atoms with Crippen LogP contribution in [0.5, 0.6) is 5.75 Å². The first-order valence-corrected chi connectivity index (χ1v) is 5.68. The van der Waals surface area contributed by atoms with Crippen molar-refractivity contribution in [2.75, 3.05) is 13.7 Å². The Bertz CT molecular complexity index is 422. The van der Waals surface area contributed by atoms with Gasteiger partial charge in [-0.3, -0.25) is 0 Å². The Balaban J connectivity index is 3.16. The van der Waals surface area contributed by atoms with E-state index in [9.17, 15) is 14.3 Å². The van der Waals surface area contributed by atoms with Crippen LogP contribution in [0, 0.1) is 5.82 Å². The van der Waals surface area contributed by atoms with Crippen LogP contribution in [0.25, 0.3) is 0 Å². The summed E-state index contributed by atoms with van der Waals surface area (Å²) < 4.78 is 23.5. The Morgan fingerprint density at radius 1 is 1.59 bits per heavy atom. The summed E-state index contributed by atoms with van der Waals surface area (Å²) in [4.78, 5) is 11.3. The summed E-state index contributed by atoms with van der Waals surface area (Å²) in [5.74, 6) is -1.74. The molecule has 0 spiro atoms. The lowest BCUT2D eigenvalue weighted by molar-refractivity contribution is -0.153. The van der Waals surface area contributed by atoms with Gasteiger partial charge in [0.2, 0.25) is 0 Å². The van der Waals surface area contributed by atoms with Crippen molar-refractivity contribution < 1.29 is 23.8 Å². The zero-order valence-electron chi connectivity index (χ0n) is 9.37. The number of aliphatic hydroxyl groups excluding tert-OH is 1. The third-order valence-corrected chi connectivity index (χ3v) is 2.79. The summed E-state index contributed by atoms with van der Waals surface area (Å²) in [6, 6.07) is 2.88. The maximum Gasteiger partial charge on any atom is 0.339 e. The molecular weight excluding hydrogens is 295 g/mol. The van der Waals surface area contributed by atoms with Crippen LogP contribution < -0.4 is 4.74 Å². The van der Waals surface area contributed by atoms with Gasteiger partial charge < -0.3 is 14.6 Å². The standard InChI is InChI=1S/C11H12BrFO4/c1-3-17-11(15)10(14)8-6(12)4-5-7(16-2)9(8)13/h4-5,10,14H,3H2,1-2H3. The van der Waals surface area contributed by atoms with E-state index >= 15 is 0 Å². The molecule has 0 fully saturated rings. The molecule has 0 aliphatic rings. The van der Waals surface area contributed by atoms with Gasteiger partial charge in [-0.2, -0.15) is 0 Å². The van der Waals surface area contributed by atoms with Crippen molar-refractivity contribution in [1.82, 2.24) is 0 Å². The lowest BCUT2D eigenvalue weighted by Crippen LogP contribution is -2.17. The fourth-order valence-corrected chi connectivity index (χ4v) is 1.82. The number of hydrogen-bond donors (Lipinski definition) is 1. The molecule has 1 aromatic carbocycles. The molecule has 0 saturated heterocycles. The molecule has 1 atom stereocenters. The third-order valence-electron chi connectivity index (χ3n) is 2.09. The van der Waals surface area contributed by atoms with Crippen molar-refractivity contribution in [3.63, 3.8) is 0 Å². The number of aliphatic hydroxyl groups is 1. The Kier molecular flexibility index (Phi) is 4.89. The second-order valence-electron chi connectivity index (χ2n) is 3.13. The second-order valence-corrected chi connectivity index (χ2v) is 3.99. The van der Waals surface area contributed by atoms with E-state index in [1.165, 1.54) is 19.2 Å². The van der Waals surface area contributed by atoms with Gasteiger partial charge in [0.15, 0.2) is 17.7 Å². The van der Waals surface area contributed by atoms with Gasteiger partial charge in [-0.15, -0.1) is 0 Å². The highest BCUT2D eigenvalue weighted by molar-refractivity contribution is 9.10. The number of esters is 1. The van der Waals surface area contributed by atoms with Crippen LogP contribution in [0.4, 0.5) is 4.39 Å². The number of carbonyl (C=O) groups is 1. The van der Waals surface area contributed by atoms with Gasteiger partial charge in [-0.25, -0.2) is 9.18 Å². The minimum atomic E-state index is -1.68. The fraction of sp³-hybridized carbons (Fsp3) is 0.364. The van der Waals surface area contributed by atoms with Crippen LogP contribution in [0.15, 0.2) is 16.6 Å². The Hall–Kier alpha value is -1.14. The van der Waals surface area contributed by atoms with Crippen LogP contribution in [-0.2, 0) is 9.53 Å². The van der Waals surface area contributed by atoms with Gasteiger partial charge in [0, 0.05) is 10.0 Å². The van der Waals surface area contributed by atoms with Gasteiger partial charge in [0.1, 0.15) is 0 Å². The first-order chi connectivity index (χ1) is 8.02. The molecule has 1 rings (SSSR count). The molecule has 0 aliphatic heterocycles. The second kappa shape index (κ2) is 5.97. The molecule has 0 aliphatic carbocycles. The summed E-state index contributed by atoms with van der Waals surface area (Å²) in [5.41, 5.74) is -0.192. The molecule has 0 heterocycles. The van der Waals surface area contributed by atoms with Crippen LogP contribution in [0.1, 0.15) is 18.6 Å². The zero-order chi connectivity index (χ0) is 13.0. The van der Waals surface area contributed by atoms with E-state index < -0.39 is 17.9 Å². The SMILES string of the molecule is CCOC(=O)C(O)c1c(Br)ccc(OC)c1F. The van der Waals surface area contributed by atoms with Crippen LogP contribution >= 0.6 is 15.9 Å². The Morgan fingerprint density at radius 3 is 2.76 bits per heavy atom. The maximum absolute atomic E-state index is 13.9. The van der Waals surface area contributed by atoms with E-state index in [0.29, 0.717) is 0 Å². The average molecular weight is 307 g/mol. The van der Waals surface area contributed by atoms with E-state index in [1.54, 1.807) is 6.92 Å². The molecule has 1 unspecified atom stereocenters. The van der Waals surface area contributed by atoms with Gasteiger partial charge in [-0.1, -0.05) is 15.9 Å². The molecule has 1 N–H and O–H groups in total. The number of methoxy groups -OCH3 is 1. The summed E-state index contributed by atoms with van der Waals surface area (Å²) in [6.07, 6.45) is -1.68. The first-order valence-electron chi connectivity index (χ1n) is 4.89. The van der Waals surface area contributed by atoms with Crippen molar-refractivity contribution in [1.29, 1.82) is 0 Å². The number of hydrogen-bond acceptors (Lipinski definition) is 4. The molecule has 17 heavy (non-hydrogen) atoms. The highest BCUT2D eigenvalue weighted by Crippen LogP contribution is 2.32. The molecule has 6 heteroatoms. The zero-order valence-corrected chi connectivity index (χ0v) is 11.0. The summed E-state index contributed by atoms with van der Waals surface area (Å²) in [6.45, 7) is 1.71. The Morgan fingerprint density at radius 2 is 2.24 bits per heavy atom.